The van der Waals surface area contributed by atoms with Crippen LogP contribution in [0.25, 0.3) is 0 Å². The summed E-state index contributed by atoms with van der Waals surface area (Å²) in [4.78, 5) is 16.6. The lowest BCUT2D eigenvalue weighted by Gasteiger charge is -2.32. The van der Waals surface area contributed by atoms with Gasteiger partial charge in [0, 0.05) is 32.7 Å². The maximum absolute atomic E-state index is 11.8. The Balaban J connectivity index is 1.62. The van der Waals surface area contributed by atoms with Crippen molar-refractivity contribution in [2.75, 3.05) is 46.3 Å². The lowest BCUT2D eigenvalue weighted by molar-refractivity contribution is 0.0920. The maximum atomic E-state index is 11.8. The highest BCUT2D eigenvalue weighted by Gasteiger charge is 2.13. The molecule has 0 unspecified atom stereocenters. The first-order chi connectivity index (χ1) is 9.69. The van der Waals surface area contributed by atoms with Crippen LogP contribution in [0.2, 0.25) is 0 Å². The van der Waals surface area contributed by atoms with Crippen LogP contribution in [-0.4, -0.2) is 62.0 Å². The van der Waals surface area contributed by atoms with E-state index in [9.17, 15) is 4.79 Å². The molecule has 0 saturated carbocycles. The van der Waals surface area contributed by atoms with Gasteiger partial charge in [0.25, 0.3) is 5.91 Å². The first-order valence-corrected chi connectivity index (χ1v) is 7.17. The van der Waals surface area contributed by atoms with Gasteiger partial charge in [-0.05, 0) is 32.1 Å². The van der Waals surface area contributed by atoms with Crippen LogP contribution < -0.4 is 11.1 Å². The molecule has 0 atom stereocenters. The van der Waals surface area contributed by atoms with Gasteiger partial charge in [0.05, 0.1) is 6.54 Å². The minimum atomic E-state index is -0.164. The largest absolute Gasteiger partial charge is 0.455 e. The average molecular weight is 280 g/mol. The molecule has 1 fully saturated rings. The molecule has 1 amide bonds. The standard InChI is InChI=1S/C14H24N4O2/c1-17-7-9-18(10-8-17)6-2-5-16-14(19)13-4-3-12(11-15)20-13/h3-4H,2,5-11,15H2,1H3,(H,16,19). The Morgan fingerprint density at radius 1 is 1.35 bits per heavy atom. The number of hydrogen-bond acceptors (Lipinski definition) is 5. The Labute approximate surface area is 119 Å². The molecular weight excluding hydrogens is 256 g/mol. The molecule has 112 valence electrons. The highest BCUT2D eigenvalue weighted by molar-refractivity contribution is 5.91. The molecule has 1 saturated heterocycles. The van der Waals surface area contributed by atoms with Crippen LogP contribution in [0.4, 0.5) is 0 Å². The summed E-state index contributed by atoms with van der Waals surface area (Å²) in [6.45, 7) is 6.49. The number of nitrogens with zero attached hydrogens (tertiary/aromatic N) is 2. The van der Waals surface area contributed by atoms with Crippen LogP contribution >= 0.6 is 0 Å². The molecule has 0 aromatic carbocycles. The number of amides is 1. The van der Waals surface area contributed by atoms with Crippen molar-refractivity contribution in [2.45, 2.75) is 13.0 Å². The molecule has 3 N–H and O–H groups in total. The molecule has 6 nitrogen and oxygen atoms in total. The smallest absolute Gasteiger partial charge is 0.286 e. The number of furan rings is 1. The Morgan fingerprint density at radius 3 is 2.75 bits per heavy atom. The Kier molecular flexibility index (Phi) is 5.58. The zero-order valence-electron chi connectivity index (χ0n) is 12.1. The molecule has 0 radical (unpaired) electrons. The second-order valence-electron chi connectivity index (χ2n) is 5.22. The van der Waals surface area contributed by atoms with E-state index in [2.05, 4.69) is 22.2 Å². The summed E-state index contributed by atoms with van der Waals surface area (Å²) in [5.74, 6) is 0.806. The van der Waals surface area contributed by atoms with Crippen LogP contribution in [0, 0.1) is 0 Å². The van der Waals surface area contributed by atoms with E-state index in [1.165, 1.54) is 0 Å². The number of carbonyl (C=O) groups is 1. The summed E-state index contributed by atoms with van der Waals surface area (Å²) in [6.07, 6.45) is 0.958. The van der Waals surface area contributed by atoms with Crippen LogP contribution in [0.3, 0.4) is 0 Å². The van der Waals surface area contributed by atoms with Gasteiger partial charge in [0.15, 0.2) is 5.76 Å². The van der Waals surface area contributed by atoms with Gasteiger partial charge in [-0.3, -0.25) is 4.79 Å². The third-order valence-corrected chi connectivity index (χ3v) is 3.62. The van der Waals surface area contributed by atoms with Crippen LogP contribution in [0.5, 0.6) is 0 Å². The lowest BCUT2D eigenvalue weighted by Crippen LogP contribution is -2.45. The number of hydrogen-bond donors (Lipinski definition) is 2. The minimum absolute atomic E-state index is 0.164. The molecular formula is C14H24N4O2. The molecule has 20 heavy (non-hydrogen) atoms. The maximum Gasteiger partial charge on any atom is 0.286 e. The van der Waals surface area contributed by atoms with Gasteiger partial charge < -0.3 is 25.3 Å². The number of likely N-dealkylation sites (N-methyl/N-ethyl adjacent to an activating group) is 1. The van der Waals surface area contributed by atoms with E-state index >= 15 is 0 Å². The summed E-state index contributed by atoms with van der Waals surface area (Å²) < 4.78 is 5.30. The third kappa shape index (κ3) is 4.33. The van der Waals surface area contributed by atoms with Gasteiger partial charge in [-0.25, -0.2) is 0 Å². The normalized spacial score (nSPS) is 17.3. The van der Waals surface area contributed by atoms with Gasteiger partial charge in [-0.15, -0.1) is 0 Å². The van der Waals surface area contributed by atoms with E-state index < -0.39 is 0 Å². The van der Waals surface area contributed by atoms with Crippen LogP contribution in [-0.2, 0) is 6.54 Å². The Bertz CT molecular complexity index is 425. The monoisotopic (exact) mass is 280 g/mol. The summed E-state index contributed by atoms with van der Waals surface area (Å²) in [7, 11) is 2.15. The third-order valence-electron chi connectivity index (χ3n) is 3.62. The van der Waals surface area contributed by atoms with Crippen LogP contribution in [0.1, 0.15) is 22.7 Å². The van der Waals surface area contributed by atoms with Gasteiger partial charge in [0.1, 0.15) is 5.76 Å². The summed E-state index contributed by atoms with van der Waals surface area (Å²) >= 11 is 0. The zero-order chi connectivity index (χ0) is 14.4. The van der Waals surface area contributed by atoms with Gasteiger partial charge in [0.2, 0.25) is 0 Å². The van der Waals surface area contributed by atoms with E-state index in [4.69, 9.17) is 10.2 Å². The first-order valence-electron chi connectivity index (χ1n) is 7.17. The highest BCUT2D eigenvalue weighted by Crippen LogP contribution is 2.06. The Hall–Kier alpha value is -1.37. The van der Waals surface area contributed by atoms with Crippen molar-refractivity contribution < 1.29 is 9.21 Å². The summed E-state index contributed by atoms with van der Waals surface area (Å²) in [6, 6.07) is 3.40. The number of piperazine rings is 1. The predicted octanol–water partition coefficient (Wildman–Crippen LogP) is 0.106. The van der Waals surface area contributed by atoms with Crippen molar-refractivity contribution in [1.29, 1.82) is 0 Å². The quantitative estimate of drug-likeness (QED) is 0.723. The molecule has 0 spiro atoms. The summed E-state index contributed by atoms with van der Waals surface area (Å²) in [5, 5.41) is 2.87. The number of rotatable bonds is 6. The fourth-order valence-electron chi connectivity index (χ4n) is 2.27. The SMILES string of the molecule is CN1CCN(CCCNC(=O)c2ccc(CN)o2)CC1. The number of nitrogens with two attached hydrogens (primary N) is 1. The van der Waals surface area contributed by atoms with Crippen molar-refractivity contribution in [3.8, 4) is 0 Å². The van der Waals surface area contributed by atoms with E-state index in [-0.39, 0.29) is 5.91 Å². The number of carbonyl (C=O) groups excluding carboxylic acids is 1. The van der Waals surface area contributed by atoms with E-state index in [0.29, 0.717) is 24.6 Å². The molecule has 1 aliphatic rings. The molecule has 2 rings (SSSR count). The fraction of sp³-hybridized carbons (Fsp3) is 0.643. The van der Waals surface area contributed by atoms with E-state index in [1.807, 2.05) is 0 Å². The van der Waals surface area contributed by atoms with Crippen molar-refractivity contribution in [2.24, 2.45) is 5.73 Å². The van der Waals surface area contributed by atoms with Gasteiger partial charge >= 0.3 is 0 Å². The fourth-order valence-corrected chi connectivity index (χ4v) is 2.27. The zero-order valence-corrected chi connectivity index (χ0v) is 12.1. The van der Waals surface area contributed by atoms with E-state index in [1.54, 1.807) is 12.1 Å². The Morgan fingerprint density at radius 2 is 2.10 bits per heavy atom. The van der Waals surface area contributed by atoms with Crippen molar-refractivity contribution >= 4 is 5.91 Å². The average Bonchev–Trinajstić information content (AvgIpc) is 2.94. The minimum Gasteiger partial charge on any atom is -0.455 e. The predicted molar refractivity (Wildman–Crippen MR) is 77.5 cm³/mol. The van der Waals surface area contributed by atoms with Crippen LogP contribution in [0.15, 0.2) is 16.5 Å². The van der Waals surface area contributed by atoms with Crippen molar-refractivity contribution in [3.63, 3.8) is 0 Å². The van der Waals surface area contributed by atoms with Crippen molar-refractivity contribution in [3.05, 3.63) is 23.7 Å². The second-order valence-corrected chi connectivity index (χ2v) is 5.22. The van der Waals surface area contributed by atoms with Gasteiger partial charge in [-0.2, -0.15) is 0 Å². The van der Waals surface area contributed by atoms with E-state index in [0.717, 1.165) is 39.1 Å². The molecule has 0 bridgehead atoms. The molecule has 6 heteroatoms. The first kappa shape index (κ1) is 15.0. The molecule has 0 aliphatic carbocycles. The van der Waals surface area contributed by atoms with Gasteiger partial charge in [-0.1, -0.05) is 0 Å². The molecule has 2 heterocycles. The number of nitrogens with one attached hydrogen (secondary N) is 1. The molecule has 1 aliphatic heterocycles. The second kappa shape index (κ2) is 7.42. The topological polar surface area (TPSA) is 74.7 Å². The summed E-state index contributed by atoms with van der Waals surface area (Å²) in [5.41, 5.74) is 5.44. The van der Waals surface area contributed by atoms with Crippen molar-refractivity contribution in [1.82, 2.24) is 15.1 Å². The molecule has 1 aromatic heterocycles. The molecule has 1 aromatic rings. The highest BCUT2D eigenvalue weighted by atomic mass is 16.4. The lowest BCUT2D eigenvalue weighted by atomic mass is 10.3.